The zero-order valence-electron chi connectivity index (χ0n) is 10.2. The van der Waals surface area contributed by atoms with Gasteiger partial charge in [-0.25, -0.2) is 0 Å². The highest BCUT2D eigenvalue weighted by molar-refractivity contribution is 6.30. The smallest absolute Gasteiger partial charge is 0.278 e. The lowest BCUT2D eigenvalue weighted by molar-refractivity contribution is 0.954. The summed E-state index contributed by atoms with van der Waals surface area (Å²) in [6, 6.07) is 12.2. The van der Waals surface area contributed by atoms with E-state index in [4.69, 9.17) is 11.6 Å². The minimum absolute atomic E-state index is 0.251. The lowest BCUT2D eigenvalue weighted by Crippen LogP contribution is -2.14. The Bertz CT molecular complexity index is 784. The quantitative estimate of drug-likeness (QED) is 0.785. The molecule has 0 aliphatic rings. The summed E-state index contributed by atoms with van der Waals surface area (Å²) in [4.78, 5) is 18.9. The van der Waals surface area contributed by atoms with Gasteiger partial charge in [0.1, 0.15) is 5.69 Å². The maximum atomic E-state index is 12.1. The molecule has 98 valence electrons. The Morgan fingerprint density at radius 1 is 1.00 bits per heavy atom. The number of aromatic amines is 1. The number of halogens is 1. The zero-order chi connectivity index (χ0) is 13.9. The van der Waals surface area contributed by atoms with E-state index in [1.54, 1.807) is 42.6 Å². The van der Waals surface area contributed by atoms with Gasteiger partial charge in [0.2, 0.25) is 0 Å². The Morgan fingerprint density at radius 2 is 1.80 bits per heavy atom. The van der Waals surface area contributed by atoms with Crippen LogP contribution in [0.25, 0.3) is 22.8 Å². The molecule has 1 aromatic carbocycles. The van der Waals surface area contributed by atoms with E-state index in [1.165, 1.54) is 0 Å². The second kappa shape index (κ2) is 5.22. The molecular formula is C14H9ClN4O. The van der Waals surface area contributed by atoms with Crippen molar-refractivity contribution in [2.45, 2.75) is 0 Å². The highest BCUT2D eigenvalue weighted by Gasteiger charge is 2.09. The van der Waals surface area contributed by atoms with Gasteiger partial charge in [-0.1, -0.05) is 29.8 Å². The molecule has 0 amide bonds. The van der Waals surface area contributed by atoms with Crippen LogP contribution in [0.15, 0.2) is 53.5 Å². The summed E-state index contributed by atoms with van der Waals surface area (Å²) in [5.41, 5.74) is 1.17. The monoisotopic (exact) mass is 284 g/mol. The number of benzene rings is 1. The Labute approximate surface area is 119 Å². The maximum absolute atomic E-state index is 12.1. The van der Waals surface area contributed by atoms with E-state index in [-0.39, 0.29) is 11.3 Å². The minimum atomic E-state index is -0.317. The molecular weight excluding hydrogens is 276 g/mol. The van der Waals surface area contributed by atoms with E-state index in [0.29, 0.717) is 22.1 Å². The number of rotatable bonds is 2. The van der Waals surface area contributed by atoms with Gasteiger partial charge < -0.3 is 4.98 Å². The molecule has 0 fully saturated rings. The van der Waals surface area contributed by atoms with Gasteiger partial charge in [-0.15, -0.1) is 10.2 Å². The first kappa shape index (κ1) is 12.5. The fourth-order valence-electron chi connectivity index (χ4n) is 1.75. The first-order chi connectivity index (χ1) is 9.74. The molecule has 6 heteroatoms. The summed E-state index contributed by atoms with van der Waals surface area (Å²) >= 11 is 5.81. The van der Waals surface area contributed by atoms with Gasteiger partial charge in [0.15, 0.2) is 11.5 Å². The number of hydrogen-bond donors (Lipinski definition) is 1. The van der Waals surface area contributed by atoms with Crippen molar-refractivity contribution in [3.05, 3.63) is 64.0 Å². The average Bonchev–Trinajstić information content (AvgIpc) is 2.49. The summed E-state index contributed by atoms with van der Waals surface area (Å²) in [6.45, 7) is 0. The van der Waals surface area contributed by atoms with Gasteiger partial charge in [-0.05, 0) is 24.3 Å². The summed E-state index contributed by atoms with van der Waals surface area (Å²) in [5, 5.41) is 8.59. The van der Waals surface area contributed by atoms with Crippen LogP contribution in [-0.4, -0.2) is 20.2 Å². The lowest BCUT2D eigenvalue weighted by atomic mass is 10.2. The van der Waals surface area contributed by atoms with E-state index in [1.807, 2.05) is 6.07 Å². The van der Waals surface area contributed by atoms with E-state index in [2.05, 4.69) is 20.2 Å². The Morgan fingerprint density at radius 3 is 2.45 bits per heavy atom. The molecule has 3 aromatic rings. The fraction of sp³-hybridized carbons (Fsp3) is 0. The first-order valence-corrected chi connectivity index (χ1v) is 6.26. The predicted octanol–water partition coefficient (Wildman–Crippen LogP) is 2.55. The minimum Gasteiger partial charge on any atom is -0.302 e. The van der Waals surface area contributed by atoms with E-state index >= 15 is 0 Å². The SMILES string of the molecule is O=c1[nH]c(-c2ccccn2)nnc1-c1ccc(Cl)cc1. The molecule has 0 bridgehead atoms. The standard InChI is InChI=1S/C14H9ClN4O/c15-10-6-4-9(5-7-10)12-14(20)17-13(19-18-12)11-3-1-2-8-16-11/h1-8H,(H,17,19,20). The van der Waals surface area contributed by atoms with Crippen LogP contribution in [0.4, 0.5) is 0 Å². The van der Waals surface area contributed by atoms with Crippen molar-refractivity contribution in [3.63, 3.8) is 0 Å². The number of aromatic nitrogens is 4. The first-order valence-electron chi connectivity index (χ1n) is 5.88. The molecule has 0 atom stereocenters. The lowest BCUT2D eigenvalue weighted by Gasteiger charge is -2.01. The third-order valence-electron chi connectivity index (χ3n) is 2.72. The van der Waals surface area contributed by atoms with Gasteiger partial charge in [0.25, 0.3) is 5.56 Å². The fourth-order valence-corrected chi connectivity index (χ4v) is 1.88. The van der Waals surface area contributed by atoms with Crippen LogP contribution < -0.4 is 5.56 Å². The highest BCUT2D eigenvalue weighted by atomic mass is 35.5. The van der Waals surface area contributed by atoms with Crippen molar-refractivity contribution in [2.24, 2.45) is 0 Å². The van der Waals surface area contributed by atoms with Gasteiger partial charge >= 0.3 is 0 Å². The molecule has 0 aliphatic heterocycles. The summed E-state index contributed by atoms with van der Waals surface area (Å²) < 4.78 is 0. The molecule has 0 spiro atoms. The highest BCUT2D eigenvalue weighted by Crippen LogP contribution is 2.17. The molecule has 2 heterocycles. The van der Waals surface area contributed by atoms with Crippen molar-refractivity contribution in [3.8, 4) is 22.8 Å². The normalized spacial score (nSPS) is 10.4. The molecule has 2 aromatic heterocycles. The number of hydrogen-bond acceptors (Lipinski definition) is 4. The van der Waals surface area contributed by atoms with Crippen molar-refractivity contribution in [2.75, 3.05) is 0 Å². The van der Waals surface area contributed by atoms with Gasteiger partial charge in [0.05, 0.1) is 0 Å². The largest absolute Gasteiger partial charge is 0.302 e. The zero-order valence-corrected chi connectivity index (χ0v) is 11.0. The molecule has 0 radical (unpaired) electrons. The summed E-state index contributed by atoms with van der Waals surface area (Å²) in [7, 11) is 0. The van der Waals surface area contributed by atoms with Crippen molar-refractivity contribution in [1.82, 2.24) is 20.2 Å². The number of nitrogens with one attached hydrogen (secondary N) is 1. The van der Waals surface area contributed by atoms with Crippen LogP contribution in [-0.2, 0) is 0 Å². The van der Waals surface area contributed by atoms with Crippen LogP contribution in [0.1, 0.15) is 0 Å². The second-order valence-corrected chi connectivity index (χ2v) is 4.51. The molecule has 1 N–H and O–H groups in total. The number of pyridine rings is 1. The maximum Gasteiger partial charge on any atom is 0.278 e. The molecule has 5 nitrogen and oxygen atoms in total. The third-order valence-corrected chi connectivity index (χ3v) is 2.97. The molecule has 0 aliphatic carbocycles. The van der Waals surface area contributed by atoms with Crippen LogP contribution in [0.3, 0.4) is 0 Å². The van der Waals surface area contributed by atoms with Crippen LogP contribution in [0.5, 0.6) is 0 Å². The number of H-pyrrole nitrogens is 1. The third kappa shape index (κ3) is 2.44. The molecule has 3 rings (SSSR count). The Balaban J connectivity index is 2.04. The van der Waals surface area contributed by atoms with E-state index < -0.39 is 0 Å². The molecule has 20 heavy (non-hydrogen) atoms. The Kier molecular flexibility index (Phi) is 3.26. The predicted molar refractivity (Wildman–Crippen MR) is 76.3 cm³/mol. The summed E-state index contributed by atoms with van der Waals surface area (Å²) in [6.07, 6.45) is 1.63. The van der Waals surface area contributed by atoms with Gasteiger partial charge in [-0.3, -0.25) is 9.78 Å². The molecule has 0 unspecified atom stereocenters. The topological polar surface area (TPSA) is 71.5 Å². The number of nitrogens with zero attached hydrogens (tertiary/aromatic N) is 3. The van der Waals surface area contributed by atoms with Crippen molar-refractivity contribution in [1.29, 1.82) is 0 Å². The molecule has 0 saturated heterocycles. The second-order valence-electron chi connectivity index (χ2n) is 4.07. The van der Waals surface area contributed by atoms with Crippen LogP contribution in [0, 0.1) is 0 Å². The van der Waals surface area contributed by atoms with E-state index in [9.17, 15) is 4.79 Å². The average molecular weight is 285 g/mol. The van der Waals surface area contributed by atoms with Crippen molar-refractivity contribution >= 4 is 11.6 Å². The van der Waals surface area contributed by atoms with Crippen LogP contribution >= 0.6 is 11.6 Å². The van der Waals surface area contributed by atoms with E-state index in [0.717, 1.165) is 0 Å². The molecule has 0 saturated carbocycles. The Hall–Kier alpha value is -2.53. The van der Waals surface area contributed by atoms with Crippen LogP contribution in [0.2, 0.25) is 5.02 Å². The van der Waals surface area contributed by atoms with Gasteiger partial charge in [0, 0.05) is 16.8 Å². The van der Waals surface area contributed by atoms with Gasteiger partial charge in [-0.2, -0.15) is 0 Å². The van der Waals surface area contributed by atoms with Crippen molar-refractivity contribution < 1.29 is 0 Å². The summed E-state index contributed by atoms with van der Waals surface area (Å²) in [5.74, 6) is 0.341.